The van der Waals surface area contributed by atoms with Crippen LogP contribution in [0.15, 0.2) is 16.7 Å². The molecule has 0 radical (unpaired) electrons. The van der Waals surface area contributed by atoms with Crippen LogP contribution < -0.4 is 0 Å². The molecule has 1 aromatic carbocycles. The van der Waals surface area contributed by atoms with Crippen LogP contribution in [0.1, 0.15) is 56.6 Å². The first kappa shape index (κ1) is 24.1. The molecule has 12 heteroatoms. The highest BCUT2D eigenvalue weighted by Crippen LogP contribution is 2.46. The molecule has 182 valence electrons. The van der Waals surface area contributed by atoms with Gasteiger partial charge < -0.3 is 14.0 Å². The molecular weight excluding hydrogens is 468 g/mol. The van der Waals surface area contributed by atoms with Crippen LogP contribution in [0.3, 0.4) is 0 Å². The van der Waals surface area contributed by atoms with Gasteiger partial charge in [0, 0.05) is 23.8 Å². The van der Waals surface area contributed by atoms with Crippen LogP contribution in [0.4, 0.5) is 17.6 Å². The molecule has 1 saturated carbocycles. The zero-order chi connectivity index (χ0) is 24.0. The number of alkyl halides is 2. The maximum absolute atomic E-state index is 14.3. The Morgan fingerprint density at radius 2 is 1.85 bits per heavy atom. The summed E-state index contributed by atoms with van der Waals surface area (Å²) >= 11 is 0. The molecule has 1 aromatic heterocycles. The summed E-state index contributed by atoms with van der Waals surface area (Å²) < 4.78 is 95.0. The van der Waals surface area contributed by atoms with E-state index in [2.05, 4.69) is 10.1 Å². The highest BCUT2D eigenvalue weighted by molar-refractivity contribution is 7.89. The maximum Gasteiger partial charge on any atom is 0.273 e. The predicted molar refractivity (Wildman–Crippen MR) is 108 cm³/mol. The standard InChI is InChI=1S/C21H24F4N2O5S/c1-12(31-14-3-5-20(6-4-14)10-21(24,25)11-30-20)19-26-18(27-32-19)13-7-16(22)15(17(23)8-13)9-33(2,28)29/h7-8,12,14H,3-6,9-11H2,1-2H3/t12-,14?,20?/m1/s1. The second-order valence-corrected chi connectivity index (χ2v) is 11.1. The Labute approximate surface area is 188 Å². The lowest BCUT2D eigenvalue weighted by atomic mass is 9.81. The van der Waals surface area contributed by atoms with Gasteiger partial charge in [0.15, 0.2) is 9.84 Å². The van der Waals surface area contributed by atoms with E-state index in [1.165, 1.54) is 0 Å². The second kappa shape index (κ2) is 8.62. The van der Waals surface area contributed by atoms with Gasteiger partial charge in [-0.15, -0.1) is 0 Å². The van der Waals surface area contributed by atoms with Gasteiger partial charge in [-0.3, -0.25) is 0 Å². The number of rotatable bonds is 6. The molecule has 1 aliphatic carbocycles. The van der Waals surface area contributed by atoms with Crippen LogP contribution in [0.2, 0.25) is 0 Å². The number of ether oxygens (including phenoxy) is 2. The fourth-order valence-electron chi connectivity index (χ4n) is 4.40. The third kappa shape index (κ3) is 5.55. The van der Waals surface area contributed by atoms with Crippen molar-refractivity contribution in [3.63, 3.8) is 0 Å². The van der Waals surface area contributed by atoms with Crippen molar-refractivity contribution < 1.29 is 40.0 Å². The van der Waals surface area contributed by atoms with Crippen molar-refractivity contribution in [1.82, 2.24) is 10.1 Å². The molecule has 2 heterocycles. The van der Waals surface area contributed by atoms with Crippen LogP contribution >= 0.6 is 0 Å². The van der Waals surface area contributed by atoms with Gasteiger partial charge in [-0.25, -0.2) is 26.0 Å². The summed E-state index contributed by atoms with van der Waals surface area (Å²) in [7, 11) is -3.63. The van der Waals surface area contributed by atoms with Gasteiger partial charge in [-0.05, 0) is 44.7 Å². The number of hydrogen-bond acceptors (Lipinski definition) is 7. The van der Waals surface area contributed by atoms with E-state index in [0.29, 0.717) is 25.7 Å². The number of hydrogen-bond donors (Lipinski definition) is 0. The minimum atomic E-state index is -3.63. The van der Waals surface area contributed by atoms with Crippen LogP contribution in [0, 0.1) is 11.6 Å². The number of benzene rings is 1. The summed E-state index contributed by atoms with van der Waals surface area (Å²) in [5, 5.41) is 3.74. The van der Waals surface area contributed by atoms with Gasteiger partial charge in [0.1, 0.15) is 24.3 Å². The van der Waals surface area contributed by atoms with E-state index >= 15 is 0 Å². The minimum absolute atomic E-state index is 0.0108. The zero-order valence-corrected chi connectivity index (χ0v) is 18.9. The van der Waals surface area contributed by atoms with Crippen molar-refractivity contribution in [3.8, 4) is 11.4 Å². The maximum atomic E-state index is 14.3. The molecule has 7 nitrogen and oxygen atoms in total. The van der Waals surface area contributed by atoms with Gasteiger partial charge in [-0.1, -0.05) is 5.16 Å². The van der Waals surface area contributed by atoms with Crippen LogP contribution in [-0.4, -0.2) is 49.0 Å². The molecule has 0 bridgehead atoms. The highest BCUT2D eigenvalue weighted by atomic mass is 32.2. The van der Waals surface area contributed by atoms with Crippen molar-refractivity contribution in [1.29, 1.82) is 0 Å². The lowest BCUT2D eigenvalue weighted by Gasteiger charge is -2.36. The first-order chi connectivity index (χ1) is 15.3. The normalized spacial score (nSPS) is 26.1. The topological polar surface area (TPSA) is 91.5 Å². The highest BCUT2D eigenvalue weighted by Gasteiger charge is 2.52. The SMILES string of the molecule is C[C@@H](OC1CCC2(CC1)CC(F)(F)CO2)c1nc(-c2cc(F)c(CS(C)(=O)=O)c(F)c2)no1. The van der Waals surface area contributed by atoms with Crippen molar-refractivity contribution in [3.05, 3.63) is 35.2 Å². The summed E-state index contributed by atoms with van der Waals surface area (Å²) in [6, 6.07) is 1.89. The summed E-state index contributed by atoms with van der Waals surface area (Å²) in [6.07, 6.45) is 1.79. The Kier molecular flexibility index (Phi) is 6.29. The molecule has 1 atom stereocenters. The Hall–Kier alpha value is -2.05. The predicted octanol–water partition coefficient (Wildman–Crippen LogP) is 4.37. The third-order valence-electron chi connectivity index (χ3n) is 6.01. The van der Waals surface area contributed by atoms with E-state index < -0.39 is 57.0 Å². The monoisotopic (exact) mass is 492 g/mol. The molecule has 2 aliphatic rings. The lowest BCUT2D eigenvalue weighted by Crippen LogP contribution is -2.37. The van der Waals surface area contributed by atoms with E-state index in [-0.39, 0.29) is 29.8 Å². The first-order valence-corrected chi connectivity index (χ1v) is 12.6. The molecule has 0 amide bonds. The van der Waals surface area contributed by atoms with Gasteiger partial charge in [0.05, 0.1) is 17.5 Å². The number of halogens is 4. The van der Waals surface area contributed by atoms with Crippen molar-refractivity contribution >= 4 is 9.84 Å². The van der Waals surface area contributed by atoms with Gasteiger partial charge in [-0.2, -0.15) is 4.98 Å². The quantitative estimate of drug-likeness (QED) is 0.553. The van der Waals surface area contributed by atoms with Gasteiger partial charge in [0.25, 0.3) is 11.8 Å². The molecule has 1 spiro atoms. The van der Waals surface area contributed by atoms with E-state index in [0.717, 1.165) is 18.4 Å². The van der Waals surface area contributed by atoms with E-state index in [1.54, 1.807) is 6.92 Å². The molecule has 33 heavy (non-hydrogen) atoms. The summed E-state index contributed by atoms with van der Waals surface area (Å²) in [5.41, 5.74) is -1.36. The lowest BCUT2D eigenvalue weighted by molar-refractivity contribution is -0.0917. The summed E-state index contributed by atoms with van der Waals surface area (Å²) in [5.74, 6) is -5.59. The van der Waals surface area contributed by atoms with Crippen LogP contribution in [0.5, 0.6) is 0 Å². The smallest absolute Gasteiger partial charge is 0.273 e. The molecule has 2 fully saturated rings. The number of aromatic nitrogens is 2. The molecule has 1 aliphatic heterocycles. The average molecular weight is 492 g/mol. The molecule has 0 N–H and O–H groups in total. The van der Waals surface area contributed by atoms with Crippen molar-refractivity contribution in [2.24, 2.45) is 0 Å². The third-order valence-corrected chi connectivity index (χ3v) is 6.82. The molecular formula is C21H24F4N2O5S. The van der Waals surface area contributed by atoms with Gasteiger partial charge in [0.2, 0.25) is 5.82 Å². The minimum Gasteiger partial charge on any atom is -0.369 e. The average Bonchev–Trinajstić information content (AvgIpc) is 3.31. The molecule has 2 aromatic rings. The van der Waals surface area contributed by atoms with Crippen LogP contribution in [0.25, 0.3) is 11.4 Å². The van der Waals surface area contributed by atoms with E-state index in [4.69, 9.17) is 14.0 Å². The van der Waals surface area contributed by atoms with Crippen LogP contribution in [-0.2, 0) is 25.1 Å². The first-order valence-electron chi connectivity index (χ1n) is 10.5. The largest absolute Gasteiger partial charge is 0.369 e. The van der Waals surface area contributed by atoms with Crippen molar-refractivity contribution in [2.45, 2.75) is 68.5 Å². The number of nitrogens with zero attached hydrogens (tertiary/aromatic N) is 2. The fourth-order valence-corrected chi connectivity index (χ4v) is 5.20. The Bertz CT molecular complexity index is 1110. The summed E-state index contributed by atoms with van der Waals surface area (Å²) in [4.78, 5) is 4.14. The zero-order valence-electron chi connectivity index (χ0n) is 18.1. The molecule has 0 unspecified atom stereocenters. The molecule has 4 rings (SSSR count). The summed E-state index contributed by atoms with van der Waals surface area (Å²) in [6.45, 7) is 1.13. The second-order valence-electron chi connectivity index (χ2n) is 8.93. The Morgan fingerprint density at radius 1 is 1.21 bits per heavy atom. The number of sulfone groups is 1. The van der Waals surface area contributed by atoms with E-state index in [9.17, 15) is 26.0 Å². The Balaban J connectivity index is 1.40. The fraction of sp³-hybridized carbons (Fsp3) is 0.619. The van der Waals surface area contributed by atoms with E-state index in [1.807, 2.05) is 0 Å². The Morgan fingerprint density at radius 3 is 2.39 bits per heavy atom. The molecule has 1 saturated heterocycles. The van der Waals surface area contributed by atoms with Crippen molar-refractivity contribution in [2.75, 3.05) is 12.9 Å². The van der Waals surface area contributed by atoms with Gasteiger partial charge >= 0.3 is 0 Å².